The fourth-order valence-electron chi connectivity index (χ4n) is 1.71. The Morgan fingerprint density at radius 1 is 1.38 bits per heavy atom. The van der Waals surface area contributed by atoms with Crippen LogP contribution in [0.5, 0.6) is 0 Å². The fourth-order valence-corrected chi connectivity index (χ4v) is 1.71. The molecular formula is C12H13FN2O. The number of carbonyl (C=O) groups excluding carboxylic acids is 1. The highest BCUT2D eigenvalue weighted by atomic mass is 19.1. The smallest absolute Gasteiger partial charge is 0.256 e. The maximum Gasteiger partial charge on any atom is 0.256 e. The van der Waals surface area contributed by atoms with Gasteiger partial charge in [0.1, 0.15) is 5.82 Å². The fraction of sp³-hybridized carbons (Fsp3) is 0.250. The van der Waals surface area contributed by atoms with Crippen molar-refractivity contribution in [2.24, 2.45) is 0 Å². The molecular weight excluding hydrogens is 207 g/mol. The number of benzene rings is 1. The summed E-state index contributed by atoms with van der Waals surface area (Å²) in [4.78, 5) is 13.7. The first-order valence-corrected chi connectivity index (χ1v) is 5.18. The molecule has 1 heterocycles. The highest BCUT2D eigenvalue weighted by molar-refractivity contribution is 5.99. The standard InChI is InChI=1S/C12H13FN2O/c13-9-4-5-11(14)10(8-9)12(16)15-6-2-1-3-7-15/h1-2,4-5,8H,3,6-7,14H2. The Hall–Kier alpha value is -1.84. The number of hydrogen-bond acceptors (Lipinski definition) is 2. The highest BCUT2D eigenvalue weighted by Gasteiger charge is 2.18. The van der Waals surface area contributed by atoms with Crippen LogP contribution in [0.1, 0.15) is 16.8 Å². The van der Waals surface area contributed by atoms with E-state index in [0.717, 1.165) is 6.42 Å². The van der Waals surface area contributed by atoms with Crippen LogP contribution in [0.2, 0.25) is 0 Å². The number of halogens is 1. The van der Waals surface area contributed by atoms with Gasteiger partial charge in [0, 0.05) is 18.8 Å². The summed E-state index contributed by atoms with van der Waals surface area (Å²) in [6, 6.07) is 3.86. The van der Waals surface area contributed by atoms with Crippen LogP contribution < -0.4 is 5.73 Å². The minimum absolute atomic E-state index is 0.207. The lowest BCUT2D eigenvalue weighted by molar-refractivity contribution is 0.0771. The molecule has 3 nitrogen and oxygen atoms in total. The summed E-state index contributed by atoms with van der Waals surface area (Å²) in [5.41, 5.74) is 6.23. The largest absolute Gasteiger partial charge is 0.398 e. The summed E-state index contributed by atoms with van der Waals surface area (Å²) >= 11 is 0. The number of carbonyl (C=O) groups is 1. The molecule has 1 aromatic carbocycles. The van der Waals surface area contributed by atoms with Gasteiger partial charge in [-0.3, -0.25) is 4.79 Å². The third-order valence-corrected chi connectivity index (χ3v) is 2.59. The summed E-state index contributed by atoms with van der Waals surface area (Å²) in [5.74, 6) is -0.647. The third-order valence-electron chi connectivity index (χ3n) is 2.59. The monoisotopic (exact) mass is 220 g/mol. The Kier molecular flexibility index (Phi) is 2.90. The number of amides is 1. The van der Waals surface area contributed by atoms with Crippen LogP contribution >= 0.6 is 0 Å². The maximum absolute atomic E-state index is 13.0. The molecule has 0 fully saturated rings. The molecule has 0 saturated heterocycles. The molecule has 0 atom stereocenters. The van der Waals surface area contributed by atoms with Gasteiger partial charge in [-0.15, -0.1) is 0 Å². The molecule has 1 amide bonds. The Balaban J connectivity index is 2.26. The van der Waals surface area contributed by atoms with Crippen molar-refractivity contribution in [3.63, 3.8) is 0 Å². The number of nitrogen functional groups attached to an aromatic ring is 1. The van der Waals surface area contributed by atoms with Crippen LogP contribution in [0.3, 0.4) is 0 Å². The summed E-state index contributed by atoms with van der Waals surface area (Å²) < 4.78 is 13.0. The van der Waals surface area contributed by atoms with E-state index in [0.29, 0.717) is 18.8 Å². The molecule has 0 aromatic heterocycles. The predicted molar refractivity (Wildman–Crippen MR) is 60.5 cm³/mol. The quantitative estimate of drug-likeness (QED) is 0.579. The van der Waals surface area contributed by atoms with E-state index in [1.165, 1.54) is 18.2 Å². The van der Waals surface area contributed by atoms with Crippen molar-refractivity contribution in [2.45, 2.75) is 6.42 Å². The molecule has 0 aliphatic carbocycles. The molecule has 0 bridgehead atoms. The number of nitrogens with two attached hydrogens (primary N) is 1. The Morgan fingerprint density at radius 3 is 2.88 bits per heavy atom. The van der Waals surface area contributed by atoms with Gasteiger partial charge < -0.3 is 10.6 Å². The van der Waals surface area contributed by atoms with Crippen molar-refractivity contribution >= 4 is 11.6 Å². The molecule has 1 aromatic rings. The molecule has 1 aliphatic heterocycles. The number of rotatable bonds is 1. The van der Waals surface area contributed by atoms with E-state index < -0.39 is 5.82 Å². The molecule has 2 N–H and O–H groups in total. The van der Waals surface area contributed by atoms with Crippen molar-refractivity contribution in [3.05, 3.63) is 41.7 Å². The number of nitrogens with zero attached hydrogens (tertiary/aromatic N) is 1. The zero-order valence-electron chi connectivity index (χ0n) is 8.82. The maximum atomic E-state index is 13.0. The first-order chi connectivity index (χ1) is 7.68. The van der Waals surface area contributed by atoms with Crippen molar-refractivity contribution in [3.8, 4) is 0 Å². The van der Waals surface area contributed by atoms with Gasteiger partial charge in [0.15, 0.2) is 0 Å². The topological polar surface area (TPSA) is 46.3 Å². The van der Waals surface area contributed by atoms with Gasteiger partial charge in [0.05, 0.1) is 5.56 Å². The van der Waals surface area contributed by atoms with Crippen molar-refractivity contribution < 1.29 is 9.18 Å². The number of anilines is 1. The van der Waals surface area contributed by atoms with Crippen molar-refractivity contribution in [2.75, 3.05) is 18.8 Å². The Morgan fingerprint density at radius 2 is 2.19 bits per heavy atom. The normalized spacial score (nSPS) is 15.2. The predicted octanol–water partition coefficient (Wildman–Crippen LogP) is 1.81. The van der Waals surface area contributed by atoms with Gasteiger partial charge in [-0.05, 0) is 24.6 Å². The lowest BCUT2D eigenvalue weighted by atomic mass is 10.1. The summed E-state index contributed by atoms with van der Waals surface area (Å²) in [5, 5.41) is 0. The van der Waals surface area contributed by atoms with Crippen LogP contribution in [0.15, 0.2) is 30.4 Å². The van der Waals surface area contributed by atoms with Crippen molar-refractivity contribution in [1.29, 1.82) is 0 Å². The average Bonchev–Trinajstić information content (AvgIpc) is 2.32. The lowest BCUT2D eigenvalue weighted by Crippen LogP contribution is -2.34. The van der Waals surface area contributed by atoms with E-state index in [1.807, 2.05) is 12.2 Å². The molecule has 84 valence electrons. The first kappa shape index (κ1) is 10.7. The van der Waals surface area contributed by atoms with Gasteiger partial charge in [-0.1, -0.05) is 12.2 Å². The van der Waals surface area contributed by atoms with Crippen LogP contribution in [0.4, 0.5) is 10.1 Å². The zero-order chi connectivity index (χ0) is 11.5. The average molecular weight is 220 g/mol. The van der Waals surface area contributed by atoms with E-state index in [1.54, 1.807) is 4.90 Å². The molecule has 0 spiro atoms. The van der Waals surface area contributed by atoms with E-state index >= 15 is 0 Å². The lowest BCUT2D eigenvalue weighted by Gasteiger charge is -2.23. The van der Waals surface area contributed by atoms with Gasteiger partial charge in [0.25, 0.3) is 5.91 Å². The van der Waals surface area contributed by atoms with Gasteiger partial charge in [-0.2, -0.15) is 0 Å². The third kappa shape index (κ3) is 2.05. The Bertz CT molecular complexity index is 443. The highest BCUT2D eigenvalue weighted by Crippen LogP contribution is 2.17. The first-order valence-electron chi connectivity index (χ1n) is 5.18. The van der Waals surface area contributed by atoms with Crippen molar-refractivity contribution in [1.82, 2.24) is 4.90 Å². The second kappa shape index (κ2) is 4.35. The van der Waals surface area contributed by atoms with Crippen LogP contribution in [0.25, 0.3) is 0 Å². The SMILES string of the molecule is Nc1ccc(F)cc1C(=O)N1CC=CCC1. The molecule has 4 heteroatoms. The summed E-state index contributed by atoms with van der Waals surface area (Å²) in [6.45, 7) is 1.22. The van der Waals surface area contributed by atoms with Gasteiger partial charge >= 0.3 is 0 Å². The molecule has 0 unspecified atom stereocenters. The Labute approximate surface area is 93.4 Å². The second-order valence-electron chi connectivity index (χ2n) is 3.74. The second-order valence-corrected chi connectivity index (χ2v) is 3.74. The van der Waals surface area contributed by atoms with Crippen LogP contribution in [0, 0.1) is 5.82 Å². The molecule has 0 saturated carbocycles. The van der Waals surface area contributed by atoms with E-state index in [9.17, 15) is 9.18 Å². The van der Waals surface area contributed by atoms with E-state index in [-0.39, 0.29) is 11.5 Å². The van der Waals surface area contributed by atoms with Crippen LogP contribution in [-0.2, 0) is 0 Å². The van der Waals surface area contributed by atoms with Gasteiger partial charge in [-0.25, -0.2) is 4.39 Å². The molecule has 1 aliphatic rings. The zero-order valence-corrected chi connectivity index (χ0v) is 8.82. The van der Waals surface area contributed by atoms with E-state index in [2.05, 4.69) is 0 Å². The summed E-state index contributed by atoms with van der Waals surface area (Å²) in [6.07, 6.45) is 4.79. The molecule has 2 rings (SSSR count). The van der Waals surface area contributed by atoms with Crippen LogP contribution in [-0.4, -0.2) is 23.9 Å². The molecule has 0 radical (unpaired) electrons. The minimum atomic E-state index is -0.440. The number of hydrogen-bond donors (Lipinski definition) is 1. The van der Waals surface area contributed by atoms with E-state index in [4.69, 9.17) is 5.73 Å². The summed E-state index contributed by atoms with van der Waals surface area (Å²) in [7, 11) is 0. The minimum Gasteiger partial charge on any atom is -0.398 e. The molecule has 16 heavy (non-hydrogen) atoms. The van der Waals surface area contributed by atoms with Gasteiger partial charge in [0.2, 0.25) is 0 Å².